The van der Waals surface area contributed by atoms with Crippen LogP contribution in [-0.4, -0.2) is 16.4 Å². The standard InChI is InChI=1S/C74H55N3O.C7H12/c1-73(2)65-24-14-12-22-59(65)61-38-32-52(44-67(61)73)50-34-40-69-63(42-50)64-43-51(53-33-39-62-60-23-13-15-25-66(60)74(3,4)68(62)45-53)35-41-70(64)77(69)54-36-30-47(31-37-54)56-19-9-11-21-58(56)57-20-10-8-18-55(57)46-26-28-49(29-27-46)72(76)78-71(75)48-16-6-5-7-17-48;1-4-6-7(3)5-2/h5-45,75-76H,1-4H3;4-6H,1-3H3/b;6-4-,7-5+. The SMILES string of the molecule is C/C=C\C(C)=C\C.CC1(C)c2ccccc2-c2ccc(-c3ccc4c(c3)c3cc(-c5ccc6c(c5)C(C)(C)c5ccccc5-6)ccc3n4-c3ccc(-c4ccccc4-c4ccccc4-c4ccc(C(=N)OC(=N)c5ccccc5)cc4)cc3)cc21. The second-order valence-electron chi connectivity index (χ2n) is 23.5. The highest BCUT2D eigenvalue weighted by atomic mass is 16.5. The van der Waals surface area contributed by atoms with Crippen LogP contribution in [0, 0.1) is 10.8 Å². The summed E-state index contributed by atoms with van der Waals surface area (Å²) in [5.41, 5.74) is 28.1. The van der Waals surface area contributed by atoms with Crippen molar-refractivity contribution in [2.24, 2.45) is 0 Å². The summed E-state index contributed by atoms with van der Waals surface area (Å²) in [7, 11) is 0. The van der Waals surface area contributed by atoms with E-state index in [0.717, 1.165) is 50.1 Å². The maximum atomic E-state index is 8.64. The molecule has 412 valence electrons. The van der Waals surface area contributed by atoms with Crippen LogP contribution in [0.5, 0.6) is 0 Å². The summed E-state index contributed by atoms with van der Waals surface area (Å²) < 4.78 is 8.10. The fraction of sp³-hybridized carbons (Fsp3) is 0.111. The average molecular weight is 1100 g/mol. The number of aromatic nitrogens is 1. The second kappa shape index (κ2) is 21.9. The fourth-order valence-electron chi connectivity index (χ4n) is 13.1. The van der Waals surface area contributed by atoms with E-state index in [1.54, 1.807) is 0 Å². The number of hydrogen-bond donors (Lipinski definition) is 2. The minimum absolute atomic E-state index is 0.0534. The van der Waals surface area contributed by atoms with Gasteiger partial charge in [-0.3, -0.25) is 10.8 Å². The molecular formula is C81H67N3O. The van der Waals surface area contributed by atoms with Crippen molar-refractivity contribution in [2.75, 3.05) is 0 Å². The molecule has 0 bridgehead atoms. The number of rotatable bonds is 9. The highest BCUT2D eigenvalue weighted by Gasteiger charge is 2.37. The van der Waals surface area contributed by atoms with Gasteiger partial charge in [0, 0.05) is 38.4 Å². The molecule has 0 unspecified atom stereocenters. The van der Waals surface area contributed by atoms with Crippen LogP contribution in [0.4, 0.5) is 0 Å². The molecule has 85 heavy (non-hydrogen) atoms. The van der Waals surface area contributed by atoms with Gasteiger partial charge in [0.2, 0.25) is 11.8 Å². The number of ether oxygens (including phenoxy) is 1. The molecule has 0 saturated carbocycles. The van der Waals surface area contributed by atoms with Crippen molar-refractivity contribution >= 4 is 33.6 Å². The smallest absolute Gasteiger partial charge is 0.221 e. The zero-order valence-electron chi connectivity index (χ0n) is 49.3. The van der Waals surface area contributed by atoms with Gasteiger partial charge in [-0.15, -0.1) is 0 Å². The Morgan fingerprint density at radius 1 is 0.365 bits per heavy atom. The Kier molecular flexibility index (Phi) is 13.9. The Morgan fingerprint density at radius 3 is 1.18 bits per heavy atom. The van der Waals surface area contributed by atoms with Gasteiger partial charge in [-0.25, -0.2) is 0 Å². The largest absolute Gasteiger partial charge is 0.421 e. The van der Waals surface area contributed by atoms with Gasteiger partial charge in [0.05, 0.1) is 11.0 Å². The Hall–Kier alpha value is -10.2. The fourth-order valence-corrected chi connectivity index (χ4v) is 13.1. The number of benzene rings is 11. The molecule has 4 nitrogen and oxygen atoms in total. The normalized spacial score (nSPS) is 13.4. The third-order valence-electron chi connectivity index (χ3n) is 17.8. The maximum Gasteiger partial charge on any atom is 0.221 e. The predicted molar refractivity (Wildman–Crippen MR) is 359 cm³/mol. The van der Waals surface area contributed by atoms with E-state index in [1.165, 1.54) is 83.1 Å². The van der Waals surface area contributed by atoms with E-state index >= 15 is 0 Å². The molecule has 2 aliphatic carbocycles. The summed E-state index contributed by atoms with van der Waals surface area (Å²) in [6.45, 7) is 15.6. The van der Waals surface area contributed by atoms with Gasteiger partial charge < -0.3 is 9.30 Å². The summed E-state index contributed by atoms with van der Waals surface area (Å²) in [6, 6.07) is 89.3. The lowest BCUT2D eigenvalue weighted by Crippen LogP contribution is -2.14. The van der Waals surface area contributed by atoms with E-state index in [-0.39, 0.29) is 22.6 Å². The van der Waals surface area contributed by atoms with Gasteiger partial charge in [-0.2, -0.15) is 0 Å². The lowest BCUT2D eigenvalue weighted by atomic mass is 9.81. The number of nitrogens with zero attached hydrogens (tertiary/aromatic N) is 1. The quantitative estimate of drug-likeness (QED) is 0.0844. The third kappa shape index (κ3) is 9.64. The average Bonchev–Trinajstić information content (AvgIpc) is 2.65. The van der Waals surface area contributed by atoms with Crippen molar-refractivity contribution < 1.29 is 4.74 Å². The van der Waals surface area contributed by atoms with Crippen molar-refractivity contribution in [2.45, 2.75) is 59.3 Å². The number of nitrogens with one attached hydrogen (secondary N) is 2. The lowest BCUT2D eigenvalue weighted by molar-refractivity contribution is 0.538. The molecule has 0 atom stereocenters. The topological polar surface area (TPSA) is 61.9 Å². The highest BCUT2D eigenvalue weighted by Crippen LogP contribution is 2.52. The van der Waals surface area contributed by atoms with Crippen LogP contribution in [0.3, 0.4) is 0 Å². The van der Waals surface area contributed by atoms with Crippen LogP contribution in [0.1, 0.15) is 81.8 Å². The molecule has 2 aliphatic rings. The number of allylic oxidation sites excluding steroid dienone is 4. The van der Waals surface area contributed by atoms with E-state index in [2.05, 4.69) is 245 Å². The van der Waals surface area contributed by atoms with Gasteiger partial charge in [0.15, 0.2) is 0 Å². The molecule has 0 radical (unpaired) electrons. The zero-order valence-corrected chi connectivity index (χ0v) is 49.3. The molecule has 4 heteroatoms. The molecule has 14 rings (SSSR count). The van der Waals surface area contributed by atoms with E-state index in [4.69, 9.17) is 15.6 Å². The minimum Gasteiger partial charge on any atom is -0.421 e. The zero-order chi connectivity index (χ0) is 58.6. The van der Waals surface area contributed by atoms with Crippen molar-refractivity contribution in [1.82, 2.24) is 4.57 Å². The van der Waals surface area contributed by atoms with Gasteiger partial charge in [-0.05, 0) is 194 Å². The van der Waals surface area contributed by atoms with E-state index in [0.29, 0.717) is 11.1 Å². The Labute approximate surface area is 499 Å². The molecule has 0 saturated heterocycles. The molecular weight excluding hydrogens is 1030 g/mol. The van der Waals surface area contributed by atoms with Crippen LogP contribution in [0.15, 0.2) is 273 Å². The highest BCUT2D eigenvalue weighted by molar-refractivity contribution is 6.12. The minimum atomic E-state index is -0.0928. The van der Waals surface area contributed by atoms with Crippen molar-refractivity contribution in [3.05, 3.63) is 306 Å². The Balaban J connectivity index is 0.000000906. The molecule has 0 amide bonds. The summed E-state index contributed by atoms with van der Waals surface area (Å²) in [4.78, 5) is 0. The van der Waals surface area contributed by atoms with Crippen LogP contribution in [0.2, 0.25) is 0 Å². The third-order valence-corrected chi connectivity index (χ3v) is 17.8. The summed E-state index contributed by atoms with van der Waals surface area (Å²) >= 11 is 0. The lowest BCUT2D eigenvalue weighted by Gasteiger charge is -2.22. The molecule has 0 aliphatic heterocycles. The van der Waals surface area contributed by atoms with Crippen molar-refractivity contribution in [1.29, 1.82) is 10.8 Å². The van der Waals surface area contributed by atoms with Gasteiger partial charge in [0.25, 0.3) is 0 Å². The Morgan fingerprint density at radius 2 is 0.729 bits per heavy atom. The first-order valence-corrected chi connectivity index (χ1v) is 29.5. The monoisotopic (exact) mass is 1100 g/mol. The molecule has 1 heterocycles. The first kappa shape index (κ1) is 54.1. The van der Waals surface area contributed by atoms with Crippen LogP contribution in [-0.2, 0) is 15.6 Å². The van der Waals surface area contributed by atoms with Gasteiger partial charge >= 0.3 is 0 Å². The van der Waals surface area contributed by atoms with Crippen LogP contribution in [0.25, 0.3) is 105 Å². The summed E-state index contributed by atoms with van der Waals surface area (Å²) in [5.74, 6) is -0.118. The van der Waals surface area contributed by atoms with Gasteiger partial charge in [0.1, 0.15) is 0 Å². The Bertz CT molecular complexity index is 4500. The van der Waals surface area contributed by atoms with E-state index in [9.17, 15) is 0 Å². The molecule has 12 aromatic rings. The number of fused-ring (bicyclic) bond motifs is 9. The predicted octanol–water partition coefficient (Wildman–Crippen LogP) is 21.6. The molecule has 0 fully saturated rings. The van der Waals surface area contributed by atoms with E-state index in [1.807, 2.05) is 74.5 Å². The van der Waals surface area contributed by atoms with Gasteiger partial charge in [-0.1, -0.05) is 227 Å². The maximum absolute atomic E-state index is 8.64. The number of hydrogen-bond acceptors (Lipinski definition) is 3. The second-order valence-corrected chi connectivity index (χ2v) is 23.5. The molecule has 0 spiro atoms. The summed E-state index contributed by atoms with van der Waals surface area (Å²) in [5, 5.41) is 19.5. The molecule has 1 aromatic heterocycles. The first-order valence-electron chi connectivity index (χ1n) is 29.5. The van der Waals surface area contributed by atoms with Crippen LogP contribution < -0.4 is 0 Å². The van der Waals surface area contributed by atoms with E-state index < -0.39 is 0 Å². The van der Waals surface area contributed by atoms with Crippen LogP contribution >= 0.6 is 0 Å². The van der Waals surface area contributed by atoms with Crippen molar-refractivity contribution in [3.8, 4) is 83.6 Å². The first-order chi connectivity index (χ1) is 41.3. The van der Waals surface area contributed by atoms with Crippen molar-refractivity contribution in [3.63, 3.8) is 0 Å². The molecule has 2 N–H and O–H groups in total. The summed E-state index contributed by atoms with van der Waals surface area (Å²) in [6.07, 6.45) is 6.20. The molecule has 11 aromatic carbocycles.